The second-order valence-electron chi connectivity index (χ2n) is 3.70. The van der Waals surface area contributed by atoms with Gasteiger partial charge in [0.1, 0.15) is 0 Å². The first-order valence-corrected chi connectivity index (χ1v) is 4.99. The highest BCUT2D eigenvalue weighted by molar-refractivity contribution is 5.49. The monoisotopic (exact) mass is 174 g/mol. The van der Waals surface area contributed by atoms with E-state index in [9.17, 15) is 0 Å². The molecule has 0 heterocycles. The number of benzene rings is 1. The predicted molar refractivity (Wildman–Crippen MR) is 59.7 cm³/mol. The maximum atomic E-state index is 2.22. The second kappa shape index (κ2) is 4.86. The second-order valence-corrected chi connectivity index (χ2v) is 3.70. The number of aryl methyl sites for hydroxylation is 1. The molecule has 1 aromatic carbocycles. The van der Waals surface area contributed by atoms with Crippen LogP contribution in [-0.4, -0.2) is 0 Å². The average molecular weight is 174 g/mol. The summed E-state index contributed by atoms with van der Waals surface area (Å²) in [5.74, 6) is 0.630. The van der Waals surface area contributed by atoms with Crippen LogP contribution >= 0.6 is 0 Å². The van der Waals surface area contributed by atoms with Crippen molar-refractivity contribution < 1.29 is 0 Å². The van der Waals surface area contributed by atoms with Crippen LogP contribution in [0.15, 0.2) is 30.3 Å². The predicted octanol–water partition coefficient (Wildman–Crippen LogP) is 3.92. The lowest BCUT2D eigenvalue weighted by Crippen LogP contribution is -1.80. The van der Waals surface area contributed by atoms with Crippen molar-refractivity contribution in [2.45, 2.75) is 27.2 Å². The fourth-order valence-corrected chi connectivity index (χ4v) is 1.17. The SMILES string of the molecule is CCc1ccc(/C=C/C(C)C)cc1. The summed E-state index contributed by atoms with van der Waals surface area (Å²) < 4.78 is 0. The summed E-state index contributed by atoms with van der Waals surface area (Å²) in [6.45, 7) is 6.56. The summed E-state index contributed by atoms with van der Waals surface area (Å²) in [5, 5.41) is 0. The van der Waals surface area contributed by atoms with Crippen LogP contribution in [0.5, 0.6) is 0 Å². The molecule has 0 unspecified atom stereocenters. The Morgan fingerprint density at radius 2 is 1.77 bits per heavy atom. The molecule has 1 rings (SSSR count). The minimum atomic E-state index is 0.630. The molecule has 0 atom stereocenters. The molecule has 0 saturated heterocycles. The molecular weight excluding hydrogens is 156 g/mol. The van der Waals surface area contributed by atoms with Crippen molar-refractivity contribution in [1.82, 2.24) is 0 Å². The van der Waals surface area contributed by atoms with E-state index in [0.717, 1.165) is 6.42 Å². The van der Waals surface area contributed by atoms with Crippen molar-refractivity contribution in [2.75, 3.05) is 0 Å². The quantitative estimate of drug-likeness (QED) is 0.651. The van der Waals surface area contributed by atoms with Gasteiger partial charge in [-0.25, -0.2) is 0 Å². The van der Waals surface area contributed by atoms with E-state index in [2.05, 4.69) is 57.2 Å². The van der Waals surface area contributed by atoms with Crippen LogP contribution in [0, 0.1) is 5.92 Å². The van der Waals surface area contributed by atoms with Gasteiger partial charge in [-0.05, 0) is 23.5 Å². The molecule has 0 amide bonds. The van der Waals surface area contributed by atoms with Crippen LogP contribution in [0.1, 0.15) is 31.9 Å². The molecule has 0 saturated carbocycles. The summed E-state index contributed by atoms with van der Waals surface area (Å²) >= 11 is 0. The number of hydrogen-bond acceptors (Lipinski definition) is 0. The summed E-state index contributed by atoms with van der Waals surface area (Å²) in [5.41, 5.74) is 2.70. The first kappa shape index (κ1) is 10.0. The van der Waals surface area contributed by atoms with Crippen LogP contribution in [0.3, 0.4) is 0 Å². The highest BCUT2D eigenvalue weighted by atomic mass is 14.0. The molecule has 70 valence electrons. The zero-order valence-corrected chi connectivity index (χ0v) is 8.75. The van der Waals surface area contributed by atoms with E-state index >= 15 is 0 Å². The third kappa shape index (κ3) is 3.45. The summed E-state index contributed by atoms with van der Waals surface area (Å²) in [7, 11) is 0. The van der Waals surface area contributed by atoms with Gasteiger partial charge < -0.3 is 0 Å². The zero-order valence-electron chi connectivity index (χ0n) is 8.75. The largest absolute Gasteiger partial charge is 0.0814 e. The lowest BCUT2D eigenvalue weighted by molar-refractivity contribution is 0.836. The topological polar surface area (TPSA) is 0 Å². The van der Waals surface area contributed by atoms with Crippen LogP contribution in [-0.2, 0) is 6.42 Å². The maximum absolute atomic E-state index is 2.22. The van der Waals surface area contributed by atoms with Gasteiger partial charge in [0, 0.05) is 0 Å². The Bertz CT molecular complexity index is 265. The fraction of sp³-hybridized carbons (Fsp3) is 0.385. The smallest absolute Gasteiger partial charge is 0.0260 e. The normalized spacial score (nSPS) is 11.4. The molecule has 0 bridgehead atoms. The molecule has 0 N–H and O–H groups in total. The molecule has 0 spiro atoms. The molecular formula is C13H18. The molecule has 0 aliphatic heterocycles. The Morgan fingerprint density at radius 3 is 2.23 bits per heavy atom. The number of allylic oxidation sites excluding steroid dienone is 1. The van der Waals surface area contributed by atoms with Gasteiger partial charge in [-0.3, -0.25) is 0 Å². The van der Waals surface area contributed by atoms with E-state index in [1.807, 2.05) is 0 Å². The van der Waals surface area contributed by atoms with Gasteiger partial charge in [0.25, 0.3) is 0 Å². The number of rotatable bonds is 3. The van der Waals surface area contributed by atoms with Crippen molar-refractivity contribution >= 4 is 6.08 Å². The van der Waals surface area contributed by atoms with Crippen LogP contribution in [0.2, 0.25) is 0 Å². The zero-order chi connectivity index (χ0) is 9.68. The first-order valence-electron chi connectivity index (χ1n) is 4.99. The first-order chi connectivity index (χ1) is 6.22. The Balaban J connectivity index is 2.69. The Morgan fingerprint density at radius 1 is 1.15 bits per heavy atom. The van der Waals surface area contributed by atoms with Gasteiger partial charge in [-0.15, -0.1) is 0 Å². The van der Waals surface area contributed by atoms with E-state index in [-0.39, 0.29) is 0 Å². The Hall–Kier alpha value is -1.04. The van der Waals surface area contributed by atoms with Crippen LogP contribution < -0.4 is 0 Å². The molecule has 0 aliphatic rings. The van der Waals surface area contributed by atoms with Gasteiger partial charge >= 0.3 is 0 Å². The maximum Gasteiger partial charge on any atom is -0.0260 e. The molecule has 1 aromatic rings. The average Bonchev–Trinajstić information content (AvgIpc) is 2.15. The minimum absolute atomic E-state index is 0.630. The van der Waals surface area contributed by atoms with Gasteiger partial charge in [0.2, 0.25) is 0 Å². The van der Waals surface area contributed by atoms with Gasteiger partial charge in [-0.1, -0.05) is 57.2 Å². The molecule has 0 nitrogen and oxygen atoms in total. The summed E-state index contributed by atoms with van der Waals surface area (Å²) in [6, 6.07) is 8.75. The molecule has 0 heteroatoms. The molecule has 0 aliphatic carbocycles. The molecule has 13 heavy (non-hydrogen) atoms. The summed E-state index contributed by atoms with van der Waals surface area (Å²) in [4.78, 5) is 0. The molecule has 0 aromatic heterocycles. The van der Waals surface area contributed by atoms with Crippen molar-refractivity contribution in [3.05, 3.63) is 41.5 Å². The highest BCUT2D eigenvalue weighted by Crippen LogP contribution is 2.08. The Kier molecular flexibility index (Phi) is 3.75. The third-order valence-electron chi connectivity index (χ3n) is 2.06. The van der Waals surface area contributed by atoms with E-state index in [1.165, 1.54) is 11.1 Å². The van der Waals surface area contributed by atoms with E-state index < -0.39 is 0 Å². The van der Waals surface area contributed by atoms with Gasteiger partial charge in [0.15, 0.2) is 0 Å². The van der Waals surface area contributed by atoms with E-state index in [0.29, 0.717) is 5.92 Å². The van der Waals surface area contributed by atoms with Crippen molar-refractivity contribution in [3.63, 3.8) is 0 Å². The van der Waals surface area contributed by atoms with Crippen molar-refractivity contribution in [1.29, 1.82) is 0 Å². The fourth-order valence-electron chi connectivity index (χ4n) is 1.17. The minimum Gasteiger partial charge on any atom is -0.0814 e. The molecule has 0 radical (unpaired) electrons. The summed E-state index contributed by atoms with van der Waals surface area (Å²) in [6.07, 6.45) is 5.53. The third-order valence-corrected chi connectivity index (χ3v) is 2.06. The standard InChI is InChI=1S/C13H18/c1-4-12-7-9-13(10-8-12)6-5-11(2)3/h5-11H,4H2,1-3H3/b6-5+. The van der Waals surface area contributed by atoms with Gasteiger partial charge in [0.05, 0.1) is 0 Å². The van der Waals surface area contributed by atoms with Crippen molar-refractivity contribution in [2.24, 2.45) is 5.92 Å². The van der Waals surface area contributed by atoms with Crippen LogP contribution in [0.4, 0.5) is 0 Å². The van der Waals surface area contributed by atoms with E-state index in [4.69, 9.17) is 0 Å². The highest BCUT2D eigenvalue weighted by Gasteiger charge is 1.89. The lowest BCUT2D eigenvalue weighted by atomic mass is 10.1. The van der Waals surface area contributed by atoms with Crippen LogP contribution in [0.25, 0.3) is 6.08 Å². The molecule has 0 fully saturated rings. The Labute approximate surface area is 81.3 Å². The number of hydrogen-bond donors (Lipinski definition) is 0. The lowest BCUT2D eigenvalue weighted by Gasteiger charge is -1.98. The van der Waals surface area contributed by atoms with Crippen molar-refractivity contribution in [3.8, 4) is 0 Å². The van der Waals surface area contributed by atoms with E-state index in [1.54, 1.807) is 0 Å². The van der Waals surface area contributed by atoms with Gasteiger partial charge in [-0.2, -0.15) is 0 Å².